The standard InChI is InChI=1S/C14H18N2O6S/c1-16-6-5-10(14(16)19)15-23(20,21)12-7-9(8-13(17)18)3-4-11(12)22-2/h3-4,7,10,15H,5-6,8H2,1-2H3,(H,17,18). The molecule has 23 heavy (non-hydrogen) atoms. The number of nitrogens with one attached hydrogen (secondary N) is 1. The molecule has 0 radical (unpaired) electrons. The van der Waals surface area contributed by atoms with Crippen molar-refractivity contribution >= 4 is 21.9 Å². The molecule has 1 atom stereocenters. The first kappa shape index (κ1) is 17.2. The molecule has 126 valence electrons. The largest absolute Gasteiger partial charge is 0.495 e. The Bertz CT molecular complexity index is 731. The van der Waals surface area contributed by atoms with Gasteiger partial charge in [0, 0.05) is 13.6 Å². The van der Waals surface area contributed by atoms with Gasteiger partial charge in [-0.05, 0) is 24.1 Å². The summed E-state index contributed by atoms with van der Waals surface area (Å²) in [6.45, 7) is 0.474. The van der Waals surface area contributed by atoms with Crippen molar-refractivity contribution in [2.45, 2.75) is 23.8 Å². The van der Waals surface area contributed by atoms with Gasteiger partial charge in [-0.1, -0.05) is 6.07 Å². The third-order valence-electron chi connectivity index (χ3n) is 3.60. The molecule has 9 heteroatoms. The number of ether oxygens (including phenoxy) is 1. The number of hydrogen-bond acceptors (Lipinski definition) is 5. The Balaban J connectivity index is 2.34. The lowest BCUT2D eigenvalue weighted by Gasteiger charge is -2.15. The van der Waals surface area contributed by atoms with E-state index in [1.165, 1.54) is 30.2 Å². The summed E-state index contributed by atoms with van der Waals surface area (Å²) in [6.07, 6.45) is 0.0727. The molecule has 1 aliphatic rings. The van der Waals surface area contributed by atoms with Crippen LogP contribution in [0.2, 0.25) is 0 Å². The number of sulfonamides is 1. The zero-order valence-electron chi connectivity index (χ0n) is 12.8. The zero-order valence-corrected chi connectivity index (χ0v) is 13.6. The van der Waals surface area contributed by atoms with Gasteiger partial charge in [0.05, 0.1) is 13.5 Å². The summed E-state index contributed by atoms with van der Waals surface area (Å²) in [6, 6.07) is 3.31. The van der Waals surface area contributed by atoms with Crippen LogP contribution in [0.15, 0.2) is 23.1 Å². The minimum absolute atomic E-state index is 0.0884. The third kappa shape index (κ3) is 3.80. The van der Waals surface area contributed by atoms with Crippen molar-refractivity contribution in [3.8, 4) is 5.75 Å². The van der Waals surface area contributed by atoms with Crippen molar-refractivity contribution in [2.24, 2.45) is 0 Å². The van der Waals surface area contributed by atoms with Gasteiger partial charge in [0.2, 0.25) is 15.9 Å². The second-order valence-corrected chi connectivity index (χ2v) is 6.96. The number of carboxylic acids is 1. The molecule has 1 heterocycles. The Morgan fingerprint density at radius 2 is 2.17 bits per heavy atom. The average Bonchev–Trinajstić information content (AvgIpc) is 2.78. The summed E-state index contributed by atoms with van der Waals surface area (Å²) in [5, 5.41) is 8.83. The number of likely N-dealkylation sites (N-methyl/N-ethyl adjacent to an activating group) is 1. The monoisotopic (exact) mass is 342 g/mol. The van der Waals surface area contributed by atoms with Crippen molar-refractivity contribution < 1.29 is 27.9 Å². The highest BCUT2D eigenvalue weighted by atomic mass is 32.2. The lowest BCUT2D eigenvalue weighted by molar-refractivity contribution is -0.136. The molecule has 2 N–H and O–H groups in total. The van der Waals surface area contributed by atoms with Crippen LogP contribution in [-0.4, -0.2) is 57.0 Å². The van der Waals surface area contributed by atoms with E-state index in [4.69, 9.17) is 9.84 Å². The van der Waals surface area contributed by atoms with Crippen molar-refractivity contribution in [2.75, 3.05) is 20.7 Å². The molecule has 1 aromatic rings. The van der Waals surface area contributed by atoms with Gasteiger partial charge in [-0.15, -0.1) is 0 Å². The number of carboxylic acid groups (broad SMARTS) is 1. The first-order valence-electron chi connectivity index (χ1n) is 6.90. The van der Waals surface area contributed by atoms with Crippen LogP contribution >= 0.6 is 0 Å². The number of nitrogens with zero attached hydrogens (tertiary/aromatic N) is 1. The number of benzene rings is 1. The minimum atomic E-state index is -4.02. The van der Waals surface area contributed by atoms with E-state index < -0.39 is 22.0 Å². The van der Waals surface area contributed by atoms with E-state index in [2.05, 4.69) is 4.72 Å². The summed E-state index contributed by atoms with van der Waals surface area (Å²) in [4.78, 5) is 23.9. The lowest BCUT2D eigenvalue weighted by Crippen LogP contribution is -2.40. The molecule has 1 amide bonds. The third-order valence-corrected chi connectivity index (χ3v) is 5.09. The maximum Gasteiger partial charge on any atom is 0.307 e. The zero-order chi connectivity index (χ0) is 17.2. The van der Waals surface area contributed by atoms with Crippen LogP contribution in [0.5, 0.6) is 5.75 Å². The predicted octanol–water partition coefficient (Wildman–Crippen LogP) is -0.169. The van der Waals surface area contributed by atoms with Crippen molar-refractivity contribution in [3.05, 3.63) is 23.8 Å². The lowest BCUT2D eigenvalue weighted by atomic mass is 10.1. The first-order chi connectivity index (χ1) is 10.7. The smallest absolute Gasteiger partial charge is 0.307 e. The van der Waals surface area contributed by atoms with Gasteiger partial charge in [0.1, 0.15) is 16.7 Å². The SMILES string of the molecule is COc1ccc(CC(=O)O)cc1S(=O)(=O)NC1CCN(C)C1=O. The van der Waals surface area contributed by atoms with E-state index in [0.717, 1.165) is 0 Å². The van der Waals surface area contributed by atoms with E-state index in [9.17, 15) is 18.0 Å². The molecule has 8 nitrogen and oxygen atoms in total. The summed E-state index contributed by atoms with van der Waals surface area (Å²) < 4.78 is 32.5. The van der Waals surface area contributed by atoms with Gasteiger partial charge < -0.3 is 14.7 Å². The summed E-state index contributed by atoms with van der Waals surface area (Å²) in [5.74, 6) is -1.28. The molecule has 0 aromatic heterocycles. The van der Waals surface area contributed by atoms with Crippen molar-refractivity contribution in [1.82, 2.24) is 9.62 Å². The molecule has 0 saturated carbocycles. The number of rotatable bonds is 6. The Hall–Kier alpha value is -2.13. The topological polar surface area (TPSA) is 113 Å². The Morgan fingerprint density at radius 3 is 2.70 bits per heavy atom. The number of aliphatic carboxylic acids is 1. The fourth-order valence-corrected chi connectivity index (χ4v) is 3.84. The average molecular weight is 342 g/mol. The maximum atomic E-state index is 12.5. The van der Waals surface area contributed by atoms with Gasteiger partial charge in [0.15, 0.2) is 0 Å². The van der Waals surface area contributed by atoms with E-state index in [1.807, 2.05) is 0 Å². The normalized spacial score (nSPS) is 18.3. The molecule has 0 spiro atoms. The van der Waals surface area contributed by atoms with Crippen molar-refractivity contribution in [3.63, 3.8) is 0 Å². The van der Waals surface area contributed by atoms with E-state index in [-0.39, 0.29) is 23.0 Å². The summed E-state index contributed by atoms with van der Waals surface area (Å²) in [5.41, 5.74) is 0.327. The molecule has 1 unspecified atom stereocenters. The summed E-state index contributed by atoms with van der Waals surface area (Å²) in [7, 11) is -1.10. The fourth-order valence-electron chi connectivity index (χ4n) is 2.40. The number of carbonyl (C=O) groups excluding carboxylic acids is 1. The van der Waals surface area contributed by atoms with E-state index in [0.29, 0.717) is 18.5 Å². The van der Waals surface area contributed by atoms with Gasteiger partial charge in [-0.3, -0.25) is 9.59 Å². The highest BCUT2D eigenvalue weighted by Crippen LogP contribution is 2.26. The van der Waals surface area contributed by atoms with Gasteiger partial charge in [-0.25, -0.2) is 8.42 Å². The van der Waals surface area contributed by atoms with Crippen LogP contribution in [0.3, 0.4) is 0 Å². The number of hydrogen-bond donors (Lipinski definition) is 2. The van der Waals surface area contributed by atoms with Crippen LogP contribution in [-0.2, 0) is 26.0 Å². The van der Waals surface area contributed by atoms with Gasteiger partial charge >= 0.3 is 5.97 Å². The predicted molar refractivity (Wildman–Crippen MR) is 80.7 cm³/mol. The Morgan fingerprint density at radius 1 is 1.48 bits per heavy atom. The number of amides is 1. The molecular formula is C14H18N2O6S. The first-order valence-corrected chi connectivity index (χ1v) is 8.39. The maximum absolute atomic E-state index is 12.5. The molecule has 0 bridgehead atoms. The minimum Gasteiger partial charge on any atom is -0.495 e. The second kappa shape index (κ2) is 6.55. The molecule has 1 aliphatic heterocycles. The van der Waals surface area contributed by atoms with Crippen LogP contribution in [0.4, 0.5) is 0 Å². The highest BCUT2D eigenvalue weighted by Gasteiger charge is 2.34. The molecule has 1 fully saturated rings. The van der Waals surface area contributed by atoms with E-state index >= 15 is 0 Å². The fraction of sp³-hybridized carbons (Fsp3) is 0.429. The van der Waals surface area contributed by atoms with E-state index in [1.54, 1.807) is 7.05 Å². The van der Waals surface area contributed by atoms with Crippen molar-refractivity contribution in [1.29, 1.82) is 0 Å². The molecular weight excluding hydrogens is 324 g/mol. The quantitative estimate of drug-likeness (QED) is 0.742. The van der Waals surface area contributed by atoms with Gasteiger partial charge in [0.25, 0.3) is 0 Å². The number of methoxy groups -OCH3 is 1. The van der Waals surface area contributed by atoms with Crippen LogP contribution in [0.1, 0.15) is 12.0 Å². The Labute approximate surface area is 134 Å². The van der Waals surface area contributed by atoms with Crippen LogP contribution in [0, 0.1) is 0 Å². The molecule has 0 aliphatic carbocycles. The van der Waals surface area contributed by atoms with Crippen LogP contribution < -0.4 is 9.46 Å². The van der Waals surface area contributed by atoms with Gasteiger partial charge in [-0.2, -0.15) is 4.72 Å². The van der Waals surface area contributed by atoms with Crippen LogP contribution in [0.25, 0.3) is 0 Å². The Kier molecular flexibility index (Phi) is 4.90. The summed E-state index contributed by atoms with van der Waals surface area (Å²) >= 11 is 0. The second-order valence-electron chi connectivity index (χ2n) is 5.28. The highest BCUT2D eigenvalue weighted by molar-refractivity contribution is 7.89. The molecule has 1 aromatic carbocycles. The number of likely N-dealkylation sites (tertiary alicyclic amines) is 1. The number of carbonyl (C=O) groups is 2. The molecule has 2 rings (SSSR count). The molecule has 1 saturated heterocycles.